The van der Waals surface area contributed by atoms with Gasteiger partial charge in [0.25, 0.3) is 0 Å². The molecule has 5 heteroatoms. The van der Waals surface area contributed by atoms with Crippen molar-refractivity contribution in [2.24, 2.45) is 5.92 Å². The summed E-state index contributed by atoms with van der Waals surface area (Å²) in [6.07, 6.45) is 7.09. The normalized spacial score (nSPS) is 11.6. The molecule has 1 aromatic carbocycles. The minimum Gasteiger partial charge on any atom is -0.477 e. The van der Waals surface area contributed by atoms with E-state index in [0.29, 0.717) is 16.8 Å². The molecule has 0 bridgehead atoms. The number of esters is 1. The third-order valence-corrected chi connectivity index (χ3v) is 3.87. The summed E-state index contributed by atoms with van der Waals surface area (Å²) in [5.41, 5.74) is 2.06. The van der Waals surface area contributed by atoms with Crippen molar-refractivity contribution in [3.05, 3.63) is 48.2 Å². The summed E-state index contributed by atoms with van der Waals surface area (Å²) in [5, 5.41) is 9.45. The number of hydrogen-bond donors (Lipinski definition) is 0. The van der Waals surface area contributed by atoms with Crippen LogP contribution in [0, 0.1) is 29.6 Å². The van der Waals surface area contributed by atoms with Gasteiger partial charge in [0.1, 0.15) is 18.4 Å². The first kappa shape index (κ1) is 16.4. The van der Waals surface area contributed by atoms with E-state index in [1.807, 2.05) is 41.7 Å². The van der Waals surface area contributed by atoms with E-state index in [2.05, 4.69) is 5.92 Å². The van der Waals surface area contributed by atoms with Crippen LogP contribution in [-0.2, 0) is 4.74 Å². The minimum absolute atomic E-state index is 0.0381. The number of aromatic nitrogens is 1. The third-order valence-electron chi connectivity index (χ3n) is 3.87. The number of rotatable bonds is 5. The van der Waals surface area contributed by atoms with E-state index in [0.717, 1.165) is 10.9 Å². The summed E-state index contributed by atoms with van der Waals surface area (Å²) >= 11 is 0. The second-order valence-corrected chi connectivity index (χ2v) is 5.63. The van der Waals surface area contributed by atoms with Crippen LogP contribution in [0.5, 0.6) is 5.75 Å². The summed E-state index contributed by atoms with van der Waals surface area (Å²) in [7, 11) is 0. The van der Waals surface area contributed by atoms with Crippen molar-refractivity contribution in [3.8, 4) is 24.2 Å². The largest absolute Gasteiger partial charge is 0.477 e. The molecule has 0 aliphatic heterocycles. The van der Waals surface area contributed by atoms with Crippen molar-refractivity contribution in [2.45, 2.75) is 6.92 Å². The molecule has 2 aromatic heterocycles. The fourth-order valence-electron chi connectivity index (χ4n) is 2.65. The lowest BCUT2D eigenvalue weighted by Crippen LogP contribution is -2.11. The molecule has 1 atom stereocenters. The van der Waals surface area contributed by atoms with E-state index < -0.39 is 5.97 Å². The van der Waals surface area contributed by atoms with Crippen LogP contribution >= 0.6 is 0 Å². The molecule has 0 saturated heterocycles. The molecule has 0 fully saturated rings. The number of ether oxygens (including phenoxy) is 2. The van der Waals surface area contributed by atoms with Crippen LogP contribution in [0.25, 0.3) is 16.4 Å². The lowest BCUT2D eigenvalue weighted by molar-refractivity contribution is 0.0481. The predicted octanol–water partition coefficient (Wildman–Crippen LogP) is 3.42. The van der Waals surface area contributed by atoms with Crippen LogP contribution in [0.3, 0.4) is 0 Å². The molecule has 25 heavy (non-hydrogen) atoms. The highest BCUT2D eigenvalue weighted by atomic mass is 16.5. The molecule has 0 saturated carbocycles. The van der Waals surface area contributed by atoms with Gasteiger partial charge in [-0.05, 0) is 25.1 Å². The highest BCUT2D eigenvalue weighted by Gasteiger charge is 2.20. The van der Waals surface area contributed by atoms with Gasteiger partial charge >= 0.3 is 5.97 Å². The van der Waals surface area contributed by atoms with Gasteiger partial charge in [-0.3, -0.25) is 0 Å². The van der Waals surface area contributed by atoms with Gasteiger partial charge in [-0.2, -0.15) is 5.26 Å². The number of hydrogen-bond acceptors (Lipinski definition) is 4. The lowest BCUT2D eigenvalue weighted by Gasteiger charge is -2.07. The average Bonchev–Trinajstić information content (AvgIpc) is 2.98. The van der Waals surface area contributed by atoms with Crippen molar-refractivity contribution in [2.75, 3.05) is 13.2 Å². The van der Waals surface area contributed by atoms with Gasteiger partial charge in [0.2, 0.25) is 0 Å². The maximum atomic E-state index is 12.6. The van der Waals surface area contributed by atoms with Gasteiger partial charge in [0.15, 0.2) is 6.61 Å². The smallest absolute Gasteiger partial charge is 0.341 e. The van der Waals surface area contributed by atoms with Crippen molar-refractivity contribution in [1.29, 1.82) is 5.26 Å². The SMILES string of the molecule is C#CC(C)COC(=O)c1c2ccccc2n2cc(OCC#N)ccc12. The van der Waals surface area contributed by atoms with E-state index in [-0.39, 0.29) is 19.1 Å². The number of nitriles is 1. The molecular formula is C20H16N2O3. The van der Waals surface area contributed by atoms with Crippen LogP contribution in [0.15, 0.2) is 42.6 Å². The number of terminal acetylenes is 1. The van der Waals surface area contributed by atoms with E-state index in [1.54, 1.807) is 18.3 Å². The van der Waals surface area contributed by atoms with Gasteiger partial charge in [0, 0.05) is 5.39 Å². The summed E-state index contributed by atoms with van der Waals surface area (Å²) in [6.45, 7) is 1.95. The van der Waals surface area contributed by atoms with Crippen LogP contribution in [0.2, 0.25) is 0 Å². The van der Waals surface area contributed by atoms with Gasteiger partial charge < -0.3 is 13.9 Å². The Morgan fingerprint density at radius 2 is 2.08 bits per heavy atom. The molecule has 3 rings (SSSR count). The first-order chi connectivity index (χ1) is 12.2. The number of carbonyl (C=O) groups is 1. The standard InChI is InChI=1S/C20H16N2O3/c1-3-14(2)13-25-20(23)19-16-6-4-5-7-17(16)22-12-15(24-11-10-21)8-9-18(19)22/h1,4-9,12,14H,11,13H2,2H3. The molecule has 5 nitrogen and oxygen atoms in total. The van der Waals surface area contributed by atoms with Crippen molar-refractivity contribution in [3.63, 3.8) is 0 Å². The van der Waals surface area contributed by atoms with E-state index in [9.17, 15) is 4.79 Å². The second-order valence-electron chi connectivity index (χ2n) is 5.63. The second kappa shape index (κ2) is 6.98. The van der Waals surface area contributed by atoms with Gasteiger partial charge in [0.05, 0.1) is 28.7 Å². The van der Waals surface area contributed by atoms with Crippen molar-refractivity contribution >= 4 is 22.4 Å². The van der Waals surface area contributed by atoms with Gasteiger partial charge in [-0.15, -0.1) is 12.3 Å². The molecule has 124 valence electrons. The molecule has 0 radical (unpaired) electrons. The zero-order valence-electron chi connectivity index (χ0n) is 13.7. The first-order valence-electron chi connectivity index (χ1n) is 7.81. The summed E-state index contributed by atoms with van der Waals surface area (Å²) in [5.74, 6) is 2.54. The lowest BCUT2D eigenvalue weighted by atomic mass is 10.1. The van der Waals surface area contributed by atoms with Crippen LogP contribution in [0.1, 0.15) is 17.3 Å². The zero-order chi connectivity index (χ0) is 17.8. The highest BCUT2D eigenvalue weighted by Crippen LogP contribution is 2.29. The Labute approximate surface area is 145 Å². The Morgan fingerprint density at radius 1 is 1.28 bits per heavy atom. The molecular weight excluding hydrogens is 316 g/mol. The zero-order valence-corrected chi connectivity index (χ0v) is 13.7. The number of nitrogens with zero attached hydrogens (tertiary/aromatic N) is 2. The van der Waals surface area contributed by atoms with Crippen molar-refractivity contribution < 1.29 is 14.3 Å². The minimum atomic E-state index is -0.411. The molecule has 1 unspecified atom stereocenters. The monoisotopic (exact) mass is 332 g/mol. The Hall–Kier alpha value is -3.44. The predicted molar refractivity (Wildman–Crippen MR) is 94.3 cm³/mol. The number of para-hydroxylation sites is 1. The molecule has 2 heterocycles. The molecule has 0 spiro atoms. The van der Waals surface area contributed by atoms with Crippen LogP contribution in [-0.4, -0.2) is 23.6 Å². The third kappa shape index (κ3) is 3.13. The average molecular weight is 332 g/mol. The van der Waals surface area contributed by atoms with E-state index in [1.165, 1.54) is 0 Å². The maximum Gasteiger partial charge on any atom is 0.341 e. The summed E-state index contributed by atoms with van der Waals surface area (Å²) < 4.78 is 12.6. The Bertz CT molecular complexity index is 1020. The number of carbonyl (C=O) groups excluding carboxylic acids is 1. The molecule has 3 aromatic rings. The van der Waals surface area contributed by atoms with Crippen molar-refractivity contribution in [1.82, 2.24) is 4.40 Å². The Balaban J connectivity index is 2.09. The molecule has 0 amide bonds. The fourth-order valence-corrected chi connectivity index (χ4v) is 2.65. The molecule has 0 aliphatic rings. The Kier molecular flexibility index (Phi) is 4.59. The van der Waals surface area contributed by atoms with Gasteiger partial charge in [-0.25, -0.2) is 4.79 Å². The highest BCUT2D eigenvalue weighted by molar-refractivity contribution is 6.11. The fraction of sp³-hybridized carbons (Fsp3) is 0.200. The van der Waals surface area contributed by atoms with E-state index in [4.69, 9.17) is 21.2 Å². The van der Waals surface area contributed by atoms with Crippen LogP contribution in [0.4, 0.5) is 0 Å². The quantitative estimate of drug-likeness (QED) is 0.530. The number of benzene rings is 1. The maximum absolute atomic E-state index is 12.6. The topological polar surface area (TPSA) is 63.7 Å². The summed E-state index contributed by atoms with van der Waals surface area (Å²) in [4.78, 5) is 12.6. The molecule has 0 N–H and O–H groups in total. The first-order valence-corrected chi connectivity index (χ1v) is 7.81. The van der Waals surface area contributed by atoms with Crippen LogP contribution < -0.4 is 4.74 Å². The molecule has 0 aliphatic carbocycles. The summed E-state index contributed by atoms with van der Waals surface area (Å²) in [6, 6.07) is 13.0. The number of pyridine rings is 1. The number of fused-ring (bicyclic) bond motifs is 3. The van der Waals surface area contributed by atoms with Gasteiger partial charge in [-0.1, -0.05) is 18.2 Å². The van der Waals surface area contributed by atoms with E-state index >= 15 is 0 Å². The Morgan fingerprint density at radius 3 is 2.84 bits per heavy atom.